The fourth-order valence-electron chi connectivity index (χ4n) is 2.52. The van der Waals surface area contributed by atoms with E-state index in [2.05, 4.69) is 6.92 Å². The molecule has 0 aliphatic carbocycles. The zero-order valence-corrected chi connectivity index (χ0v) is 11.5. The quantitative estimate of drug-likeness (QED) is 0.875. The fourth-order valence-corrected chi connectivity index (χ4v) is 2.52. The summed E-state index contributed by atoms with van der Waals surface area (Å²) in [6.07, 6.45) is 2.69. The third-order valence-corrected chi connectivity index (χ3v) is 3.37. The van der Waals surface area contributed by atoms with Crippen molar-refractivity contribution >= 4 is 5.97 Å². The molecule has 18 heavy (non-hydrogen) atoms. The molecule has 0 bridgehead atoms. The van der Waals surface area contributed by atoms with Gasteiger partial charge in [0.1, 0.15) is 0 Å². The lowest BCUT2D eigenvalue weighted by Gasteiger charge is -2.22. The predicted octanol–water partition coefficient (Wildman–Crippen LogP) is 2.91. The summed E-state index contributed by atoms with van der Waals surface area (Å²) in [5.74, 6) is -0.967. The second kappa shape index (κ2) is 5.85. The number of carboxylic acid groups (broad SMARTS) is 1. The Hall–Kier alpha value is -1.58. The molecule has 4 nitrogen and oxygen atoms in total. The molecule has 100 valence electrons. The summed E-state index contributed by atoms with van der Waals surface area (Å²) in [4.78, 5) is 23.3. The van der Waals surface area contributed by atoms with Gasteiger partial charge in [-0.15, -0.1) is 0 Å². The highest BCUT2D eigenvalue weighted by atomic mass is 16.4. The molecule has 0 aliphatic rings. The lowest BCUT2D eigenvalue weighted by Crippen LogP contribution is -2.29. The van der Waals surface area contributed by atoms with Crippen LogP contribution in [0.2, 0.25) is 0 Å². The molecule has 0 saturated carbocycles. The van der Waals surface area contributed by atoms with Crippen LogP contribution in [0.3, 0.4) is 0 Å². The van der Waals surface area contributed by atoms with Crippen molar-refractivity contribution in [3.8, 4) is 0 Å². The van der Waals surface area contributed by atoms with Crippen LogP contribution in [-0.2, 0) is 0 Å². The first-order chi connectivity index (χ1) is 8.43. The highest BCUT2D eigenvalue weighted by Gasteiger charge is 2.19. The molecular formula is C14H21NO3. The van der Waals surface area contributed by atoms with Gasteiger partial charge >= 0.3 is 5.97 Å². The van der Waals surface area contributed by atoms with Crippen LogP contribution in [-0.4, -0.2) is 15.6 Å². The van der Waals surface area contributed by atoms with Gasteiger partial charge in [-0.1, -0.05) is 20.3 Å². The van der Waals surface area contributed by atoms with E-state index < -0.39 is 5.97 Å². The van der Waals surface area contributed by atoms with E-state index >= 15 is 0 Å². The standard InChI is InChI=1S/C14H21NO3/c1-5-7-11(6-2)15-10(4)13(14(17)18)9(3)8-12(15)16/h8,11H,5-7H2,1-4H3,(H,17,18). The molecular weight excluding hydrogens is 230 g/mol. The molecule has 4 heteroatoms. The minimum Gasteiger partial charge on any atom is -0.478 e. The van der Waals surface area contributed by atoms with Crippen LogP contribution in [0.25, 0.3) is 0 Å². The normalized spacial score (nSPS) is 12.4. The Morgan fingerprint density at radius 2 is 2.00 bits per heavy atom. The number of rotatable bonds is 5. The Morgan fingerprint density at radius 3 is 2.44 bits per heavy atom. The Kier molecular flexibility index (Phi) is 4.70. The summed E-state index contributed by atoms with van der Waals surface area (Å²) in [6.45, 7) is 7.47. The second-order valence-corrected chi connectivity index (χ2v) is 4.65. The molecule has 1 unspecified atom stereocenters. The molecule has 1 N–H and O–H groups in total. The van der Waals surface area contributed by atoms with E-state index in [1.54, 1.807) is 18.4 Å². The van der Waals surface area contributed by atoms with Crippen molar-refractivity contribution in [3.05, 3.63) is 33.2 Å². The molecule has 0 fully saturated rings. The Labute approximate surface area is 107 Å². The molecule has 1 aromatic heterocycles. The smallest absolute Gasteiger partial charge is 0.337 e. The zero-order valence-electron chi connectivity index (χ0n) is 11.5. The van der Waals surface area contributed by atoms with Crippen LogP contribution in [0, 0.1) is 13.8 Å². The number of hydrogen-bond acceptors (Lipinski definition) is 2. The van der Waals surface area contributed by atoms with Crippen molar-refractivity contribution in [2.24, 2.45) is 0 Å². The van der Waals surface area contributed by atoms with E-state index in [0.29, 0.717) is 11.3 Å². The first-order valence-electron chi connectivity index (χ1n) is 6.40. The maximum atomic E-state index is 12.1. The van der Waals surface area contributed by atoms with Crippen molar-refractivity contribution in [2.75, 3.05) is 0 Å². The monoisotopic (exact) mass is 251 g/mol. The van der Waals surface area contributed by atoms with Crippen molar-refractivity contribution in [1.29, 1.82) is 0 Å². The number of carbonyl (C=O) groups is 1. The van der Waals surface area contributed by atoms with Gasteiger partial charge < -0.3 is 9.67 Å². The SMILES string of the molecule is CCCC(CC)n1c(C)c(C(=O)O)c(C)cc1=O. The Bertz CT molecular complexity index is 502. The summed E-state index contributed by atoms with van der Waals surface area (Å²) in [7, 11) is 0. The van der Waals surface area contributed by atoms with E-state index in [0.717, 1.165) is 19.3 Å². The Balaban J connectivity index is 3.48. The van der Waals surface area contributed by atoms with Crippen LogP contribution in [0.5, 0.6) is 0 Å². The lowest BCUT2D eigenvalue weighted by molar-refractivity contribution is 0.0693. The minimum atomic E-state index is -0.967. The summed E-state index contributed by atoms with van der Waals surface area (Å²) in [6, 6.07) is 1.51. The summed E-state index contributed by atoms with van der Waals surface area (Å²) < 4.78 is 1.64. The first-order valence-corrected chi connectivity index (χ1v) is 6.40. The molecule has 0 radical (unpaired) electrons. The van der Waals surface area contributed by atoms with Crippen LogP contribution >= 0.6 is 0 Å². The molecule has 0 saturated heterocycles. The molecule has 0 aliphatic heterocycles. The fraction of sp³-hybridized carbons (Fsp3) is 0.571. The number of aromatic nitrogens is 1. The number of carboxylic acids is 1. The van der Waals surface area contributed by atoms with Gasteiger partial charge in [-0.05, 0) is 32.3 Å². The molecule has 0 aromatic carbocycles. The third-order valence-electron chi connectivity index (χ3n) is 3.37. The topological polar surface area (TPSA) is 59.3 Å². The number of aromatic carboxylic acids is 1. The van der Waals surface area contributed by atoms with Gasteiger partial charge in [-0.3, -0.25) is 4.79 Å². The average molecular weight is 251 g/mol. The number of hydrogen-bond donors (Lipinski definition) is 1. The predicted molar refractivity (Wildman–Crippen MR) is 71.4 cm³/mol. The van der Waals surface area contributed by atoms with Crippen molar-refractivity contribution in [3.63, 3.8) is 0 Å². The first kappa shape index (κ1) is 14.5. The molecule has 0 amide bonds. The van der Waals surface area contributed by atoms with E-state index in [-0.39, 0.29) is 17.2 Å². The van der Waals surface area contributed by atoms with Crippen LogP contribution in [0.4, 0.5) is 0 Å². The molecule has 1 atom stereocenters. The minimum absolute atomic E-state index is 0.0844. The third kappa shape index (κ3) is 2.63. The Morgan fingerprint density at radius 1 is 1.39 bits per heavy atom. The number of pyridine rings is 1. The molecule has 0 spiro atoms. The van der Waals surface area contributed by atoms with Crippen molar-refractivity contribution in [2.45, 2.75) is 53.0 Å². The maximum absolute atomic E-state index is 12.1. The van der Waals surface area contributed by atoms with Crippen LogP contribution < -0.4 is 5.56 Å². The molecule has 1 rings (SSSR count). The van der Waals surface area contributed by atoms with E-state index in [1.165, 1.54) is 6.07 Å². The van der Waals surface area contributed by atoms with Gasteiger partial charge in [0.05, 0.1) is 5.56 Å². The summed E-state index contributed by atoms with van der Waals surface area (Å²) in [5.41, 5.74) is 1.25. The second-order valence-electron chi connectivity index (χ2n) is 4.65. The van der Waals surface area contributed by atoms with Gasteiger partial charge in [0.25, 0.3) is 5.56 Å². The van der Waals surface area contributed by atoms with Crippen LogP contribution in [0.1, 0.15) is 60.8 Å². The van der Waals surface area contributed by atoms with Gasteiger partial charge in [-0.2, -0.15) is 0 Å². The van der Waals surface area contributed by atoms with Gasteiger partial charge in [0.2, 0.25) is 0 Å². The van der Waals surface area contributed by atoms with Gasteiger partial charge in [0, 0.05) is 17.8 Å². The van der Waals surface area contributed by atoms with E-state index in [4.69, 9.17) is 0 Å². The largest absolute Gasteiger partial charge is 0.478 e. The summed E-state index contributed by atoms with van der Waals surface area (Å²) in [5, 5.41) is 9.23. The molecule has 1 aromatic rings. The van der Waals surface area contributed by atoms with E-state index in [9.17, 15) is 14.7 Å². The van der Waals surface area contributed by atoms with E-state index in [1.807, 2.05) is 6.92 Å². The highest BCUT2D eigenvalue weighted by molar-refractivity contribution is 5.90. The van der Waals surface area contributed by atoms with Crippen LogP contribution in [0.15, 0.2) is 10.9 Å². The number of nitrogens with zero attached hydrogens (tertiary/aromatic N) is 1. The van der Waals surface area contributed by atoms with Gasteiger partial charge in [-0.25, -0.2) is 4.79 Å². The van der Waals surface area contributed by atoms with Crippen molar-refractivity contribution in [1.82, 2.24) is 4.57 Å². The number of aryl methyl sites for hydroxylation is 1. The molecule has 1 heterocycles. The highest BCUT2D eigenvalue weighted by Crippen LogP contribution is 2.21. The zero-order chi connectivity index (χ0) is 13.9. The van der Waals surface area contributed by atoms with Crippen molar-refractivity contribution < 1.29 is 9.90 Å². The summed E-state index contributed by atoms with van der Waals surface area (Å²) >= 11 is 0. The average Bonchev–Trinajstić information content (AvgIpc) is 2.26. The maximum Gasteiger partial charge on any atom is 0.337 e. The lowest BCUT2D eigenvalue weighted by atomic mass is 10.0. The van der Waals surface area contributed by atoms with Gasteiger partial charge in [0.15, 0.2) is 0 Å².